The summed E-state index contributed by atoms with van der Waals surface area (Å²) in [6.45, 7) is 7.95. The SMILES string of the molecule is Cc1cc(C)c(C)c(OCC(=O)N(Cc2cccc(Cl)c2)[C@@H](C)C(=O)NC2CCCCC2)c1. The molecule has 0 radical (unpaired) electrons. The molecular formula is C27H35ClN2O3. The Kier molecular flexibility index (Phi) is 8.79. The molecule has 6 heteroatoms. The van der Waals surface area contributed by atoms with E-state index in [9.17, 15) is 9.59 Å². The number of hydrogen-bond acceptors (Lipinski definition) is 3. The van der Waals surface area contributed by atoms with Crippen LogP contribution < -0.4 is 10.1 Å². The van der Waals surface area contributed by atoms with Crippen LogP contribution >= 0.6 is 11.6 Å². The van der Waals surface area contributed by atoms with E-state index in [0.29, 0.717) is 10.8 Å². The smallest absolute Gasteiger partial charge is 0.261 e. The van der Waals surface area contributed by atoms with Gasteiger partial charge in [-0.3, -0.25) is 9.59 Å². The summed E-state index contributed by atoms with van der Waals surface area (Å²) >= 11 is 6.16. The largest absolute Gasteiger partial charge is 0.483 e. The Morgan fingerprint density at radius 1 is 1.12 bits per heavy atom. The summed E-state index contributed by atoms with van der Waals surface area (Å²) < 4.78 is 5.93. The van der Waals surface area contributed by atoms with Gasteiger partial charge in [-0.15, -0.1) is 0 Å². The van der Waals surface area contributed by atoms with Crippen molar-refractivity contribution in [2.24, 2.45) is 0 Å². The summed E-state index contributed by atoms with van der Waals surface area (Å²) in [4.78, 5) is 28.0. The highest BCUT2D eigenvalue weighted by Gasteiger charge is 2.28. The normalized spacial score (nSPS) is 15.1. The maximum atomic E-state index is 13.3. The van der Waals surface area contributed by atoms with Gasteiger partial charge in [0.1, 0.15) is 11.8 Å². The van der Waals surface area contributed by atoms with Gasteiger partial charge in [0.05, 0.1) is 0 Å². The van der Waals surface area contributed by atoms with Crippen LogP contribution in [0.2, 0.25) is 5.02 Å². The minimum absolute atomic E-state index is 0.125. The Labute approximate surface area is 202 Å². The number of benzene rings is 2. The van der Waals surface area contributed by atoms with Gasteiger partial charge in [0, 0.05) is 17.6 Å². The molecule has 1 N–H and O–H groups in total. The van der Waals surface area contributed by atoms with E-state index < -0.39 is 6.04 Å². The fourth-order valence-electron chi connectivity index (χ4n) is 4.36. The predicted octanol–water partition coefficient (Wildman–Crippen LogP) is 5.51. The molecule has 2 aromatic rings. The minimum atomic E-state index is -0.623. The summed E-state index contributed by atoms with van der Waals surface area (Å²) in [5.74, 6) is 0.336. The first-order valence-corrected chi connectivity index (χ1v) is 12.2. The van der Waals surface area contributed by atoms with Crippen LogP contribution in [-0.4, -0.2) is 35.4 Å². The Bertz CT molecular complexity index is 985. The second kappa shape index (κ2) is 11.6. The van der Waals surface area contributed by atoms with Gasteiger partial charge >= 0.3 is 0 Å². The Morgan fingerprint density at radius 3 is 2.55 bits per heavy atom. The van der Waals surface area contributed by atoms with Crippen LogP contribution in [0.25, 0.3) is 0 Å². The van der Waals surface area contributed by atoms with Crippen molar-refractivity contribution in [3.63, 3.8) is 0 Å². The highest BCUT2D eigenvalue weighted by molar-refractivity contribution is 6.30. The second-order valence-corrected chi connectivity index (χ2v) is 9.60. The fraction of sp³-hybridized carbons (Fsp3) is 0.481. The predicted molar refractivity (Wildman–Crippen MR) is 133 cm³/mol. The summed E-state index contributed by atoms with van der Waals surface area (Å²) in [6, 6.07) is 11.0. The van der Waals surface area contributed by atoms with Crippen molar-refractivity contribution in [2.45, 2.75) is 78.4 Å². The van der Waals surface area contributed by atoms with Gasteiger partial charge in [-0.05, 0) is 81.0 Å². The topological polar surface area (TPSA) is 58.6 Å². The van der Waals surface area contributed by atoms with Crippen molar-refractivity contribution in [1.29, 1.82) is 0 Å². The van der Waals surface area contributed by atoms with Gasteiger partial charge in [0.2, 0.25) is 5.91 Å². The maximum Gasteiger partial charge on any atom is 0.261 e. The van der Waals surface area contributed by atoms with Crippen LogP contribution in [0.5, 0.6) is 5.75 Å². The van der Waals surface area contributed by atoms with Crippen molar-refractivity contribution in [3.05, 3.63) is 63.7 Å². The number of halogens is 1. The number of hydrogen-bond donors (Lipinski definition) is 1. The highest BCUT2D eigenvalue weighted by Crippen LogP contribution is 2.24. The lowest BCUT2D eigenvalue weighted by Crippen LogP contribution is -2.51. The molecule has 33 heavy (non-hydrogen) atoms. The van der Waals surface area contributed by atoms with Gasteiger partial charge in [0.15, 0.2) is 6.61 Å². The van der Waals surface area contributed by atoms with E-state index in [-0.39, 0.29) is 31.0 Å². The van der Waals surface area contributed by atoms with Crippen molar-refractivity contribution >= 4 is 23.4 Å². The Morgan fingerprint density at radius 2 is 1.85 bits per heavy atom. The lowest BCUT2D eigenvalue weighted by atomic mass is 9.95. The highest BCUT2D eigenvalue weighted by atomic mass is 35.5. The molecule has 2 amide bonds. The van der Waals surface area contributed by atoms with Crippen molar-refractivity contribution in [2.75, 3.05) is 6.61 Å². The summed E-state index contributed by atoms with van der Waals surface area (Å²) in [6.07, 6.45) is 5.48. The summed E-state index contributed by atoms with van der Waals surface area (Å²) in [5.41, 5.74) is 4.08. The average molecular weight is 471 g/mol. The first-order chi connectivity index (χ1) is 15.7. The molecule has 3 rings (SSSR count). The third-order valence-corrected chi connectivity index (χ3v) is 6.71. The van der Waals surface area contributed by atoms with E-state index in [1.54, 1.807) is 17.9 Å². The van der Waals surface area contributed by atoms with Gasteiger partial charge in [-0.2, -0.15) is 0 Å². The monoisotopic (exact) mass is 470 g/mol. The molecule has 1 saturated carbocycles. The number of carbonyl (C=O) groups excluding carboxylic acids is 2. The maximum absolute atomic E-state index is 13.3. The molecular weight excluding hydrogens is 436 g/mol. The van der Waals surface area contributed by atoms with Crippen molar-refractivity contribution < 1.29 is 14.3 Å². The summed E-state index contributed by atoms with van der Waals surface area (Å²) in [5, 5.41) is 3.75. The minimum Gasteiger partial charge on any atom is -0.483 e. The molecule has 1 fully saturated rings. The molecule has 5 nitrogen and oxygen atoms in total. The summed E-state index contributed by atoms with van der Waals surface area (Å²) in [7, 11) is 0. The zero-order chi connectivity index (χ0) is 24.0. The molecule has 0 bridgehead atoms. The van der Waals surface area contributed by atoms with E-state index in [1.165, 1.54) is 6.42 Å². The van der Waals surface area contributed by atoms with Crippen LogP contribution in [0.1, 0.15) is 61.3 Å². The molecule has 0 heterocycles. The molecule has 2 aromatic carbocycles. The molecule has 0 spiro atoms. The molecule has 0 unspecified atom stereocenters. The zero-order valence-corrected chi connectivity index (χ0v) is 20.9. The van der Waals surface area contributed by atoms with Crippen LogP contribution in [0.3, 0.4) is 0 Å². The van der Waals surface area contributed by atoms with Gasteiger partial charge in [-0.1, -0.05) is 49.1 Å². The molecule has 1 aliphatic rings. The number of nitrogens with zero attached hydrogens (tertiary/aromatic N) is 1. The number of carbonyl (C=O) groups is 2. The molecule has 0 aromatic heterocycles. The molecule has 1 aliphatic carbocycles. The average Bonchev–Trinajstić information content (AvgIpc) is 2.79. The number of rotatable bonds is 8. The van der Waals surface area contributed by atoms with E-state index in [4.69, 9.17) is 16.3 Å². The first kappa shape index (κ1) is 25.1. The molecule has 0 saturated heterocycles. The third kappa shape index (κ3) is 6.97. The van der Waals surface area contributed by atoms with Gasteiger partial charge in [0.25, 0.3) is 5.91 Å². The lowest BCUT2D eigenvalue weighted by Gasteiger charge is -2.31. The van der Waals surface area contributed by atoms with Crippen LogP contribution in [0.4, 0.5) is 0 Å². The van der Waals surface area contributed by atoms with E-state index in [0.717, 1.165) is 47.9 Å². The van der Waals surface area contributed by atoms with E-state index >= 15 is 0 Å². The number of aryl methyl sites for hydroxylation is 2. The second-order valence-electron chi connectivity index (χ2n) is 9.16. The number of amides is 2. The molecule has 178 valence electrons. The standard InChI is InChI=1S/C27H35ClN2O3/c1-18-13-19(2)20(3)25(14-18)33-17-26(31)30(16-22-9-8-10-23(28)15-22)21(4)27(32)29-24-11-6-5-7-12-24/h8-10,13-15,21,24H,5-7,11-12,16-17H2,1-4H3,(H,29,32)/t21-/m0/s1. The third-order valence-electron chi connectivity index (χ3n) is 6.48. The Balaban J connectivity index is 1.75. The Hall–Kier alpha value is -2.53. The van der Waals surface area contributed by atoms with Crippen molar-refractivity contribution in [3.8, 4) is 5.75 Å². The molecule has 0 aliphatic heterocycles. The number of nitrogens with one attached hydrogen (secondary N) is 1. The molecule has 1 atom stereocenters. The van der Waals surface area contributed by atoms with Gasteiger partial charge < -0.3 is 15.0 Å². The quantitative estimate of drug-likeness (QED) is 0.553. The zero-order valence-electron chi connectivity index (χ0n) is 20.1. The van der Waals surface area contributed by atoms with Crippen molar-refractivity contribution in [1.82, 2.24) is 10.2 Å². The first-order valence-electron chi connectivity index (χ1n) is 11.8. The number of ether oxygens (including phenoxy) is 1. The van der Waals surface area contributed by atoms with Gasteiger partial charge in [-0.25, -0.2) is 0 Å². The lowest BCUT2D eigenvalue weighted by molar-refractivity contribution is -0.142. The van der Waals surface area contributed by atoms with Crippen LogP contribution in [-0.2, 0) is 16.1 Å². The van der Waals surface area contributed by atoms with Crippen LogP contribution in [0, 0.1) is 20.8 Å². The van der Waals surface area contributed by atoms with E-state index in [2.05, 4.69) is 11.4 Å². The van der Waals surface area contributed by atoms with Crippen LogP contribution in [0.15, 0.2) is 36.4 Å². The van der Waals surface area contributed by atoms with E-state index in [1.807, 2.05) is 45.0 Å². The fourth-order valence-corrected chi connectivity index (χ4v) is 4.57.